The second-order valence-corrected chi connectivity index (χ2v) is 4.77. The summed E-state index contributed by atoms with van der Waals surface area (Å²) in [6.07, 6.45) is 0. The monoisotopic (exact) mass is 264 g/mol. The molecule has 0 radical (unpaired) electrons. The van der Waals surface area contributed by atoms with Crippen molar-refractivity contribution in [3.63, 3.8) is 0 Å². The lowest BCUT2D eigenvalue weighted by molar-refractivity contribution is -0.212. The van der Waals surface area contributed by atoms with Gasteiger partial charge in [-0.1, -0.05) is 0 Å². The lowest BCUT2D eigenvalue weighted by Gasteiger charge is -2.33. The number of nitrogen functional groups attached to an aromatic ring is 1. The Morgan fingerprint density at radius 1 is 1.47 bits per heavy atom. The molecule has 102 valence electrons. The van der Waals surface area contributed by atoms with Crippen molar-refractivity contribution in [2.45, 2.75) is 0 Å². The Morgan fingerprint density at radius 3 is 2.79 bits per heavy atom. The van der Waals surface area contributed by atoms with Gasteiger partial charge in [0.15, 0.2) is 5.82 Å². The molecule has 0 amide bonds. The van der Waals surface area contributed by atoms with Crippen molar-refractivity contribution in [3.8, 4) is 0 Å². The minimum atomic E-state index is -0.758. The summed E-state index contributed by atoms with van der Waals surface area (Å²) >= 11 is 0. The van der Waals surface area contributed by atoms with Gasteiger partial charge in [-0.15, -0.1) is 0 Å². The molecule has 0 aliphatic carbocycles. The first-order valence-electron chi connectivity index (χ1n) is 5.66. The summed E-state index contributed by atoms with van der Waals surface area (Å²) in [4.78, 5) is 11.7. The largest absolute Gasteiger partial charge is 0.857 e. The number of nitrogens with one attached hydrogen (secondary N) is 2. The molecule has 1 aliphatic heterocycles. The standard InChI is InChI=1S/C10H16N8O/c1-18(2)4-3-14-7-8(18)15-5(6(11)16-7)9(19)17-10(12)13/h3-4H2,1-2H3,(H6-,11,12,13,14,16,17,19). The molecular formula is C10H16N8O. The van der Waals surface area contributed by atoms with Gasteiger partial charge in [-0.05, 0) is 0 Å². The van der Waals surface area contributed by atoms with E-state index in [1.807, 2.05) is 14.1 Å². The van der Waals surface area contributed by atoms with Crippen LogP contribution < -0.4 is 26.4 Å². The number of fused-ring (bicyclic) bond motifs is 1. The maximum atomic E-state index is 11.8. The van der Waals surface area contributed by atoms with Gasteiger partial charge in [-0.25, -0.2) is 9.98 Å². The van der Waals surface area contributed by atoms with Gasteiger partial charge in [0.25, 0.3) is 5.82 Å². The van der Waals surface area contributed by atoms with Gasteiger partial charge >= 0.3 is 0 Å². The second kappa shape index (κ2) is 4.35. The van der Waals surface area contributed by atoms with Crippen LogP contribution in [0, 0.1) is 5.41 Å². The third kappa shape index (κ3) is 2.40. The van der Waals surface area contributed by atoms with Crippen LogP contribution in [0.25, 0.3) is 0 Å². The molecule has 2 rings (SSSR count). The highest BCUT2D eigenvalue weighted by Crippen LogP contribution is 2.29. The van der Waals surface area contributed by atoms with E-state index in [4.69, 9.17) is 16.9 Å². The fourth-order valence-corrected chi connectivity index (χ4v) is 1.86. The summed E-state index contributed by atoms with van der Waals surface area (Å²) in [5, 5.41) is 21.9. The molecule has 1 aliphatic rings. The molecule has 19 heavy (non-hydrogen) atoms. The smallest absolute Gasteiger partial charge is 0.271 e. The number of guanidine groups is 1. The van der Waals surface area contributed by atoms with Crippen molar-refractivity contribution < 1.29 is 5.11 Å². The summed E-state index contributed by atoms with van der Waals surface area (Å²) in [5.41, 5.74) is 10.7. The van der Waals surface area contributed by atoms with Crippen LogP contribution in [0.4, 0.5) is 17.5 Å². The van der Waals surface area contributed by atoms with E-state index in [9.17, 15) is 5.11 Å². The van der Waals surface area contributed by atoms with Crippen molar-refractivity contribution in [1.82, 2.24) is 14.5 Å². The Kier molecular flexibility index (Phi) is 2.98. The van der Waals surface area contributed by atoms with Crippen LogP contribution >= 0.6 is 0 Å². The number of likely N-dealkylation sites (N-methyl/N-ethyl adjacent to an activating group) is 1. The molecule has 2 heterocycles. The van der Waals surface area contributed by atoms with Gasteiger partial charge in [-0.3, -0.25) is 9.89 Å². The molecule has 0 atom stereocenters. The fraction of sp³-hybridized carbons (Fsp3) is 0.400. The zero-order valence-corrected chi connectivity index (χ0v) is 10.8. The number of rotatable bonds is 1. The first-order chi connectivity index (χ1) is 8.81. The average molecular weight is 264 g/mol. The SMILES string of the molecule is C[N+]1(C)CCNc2nc(N)c(/C([O-])=N/C(=N)N)nc21. The molecule has 9 nitrogen and oxygen atoms in total. The lowest BCUT2D eigenvalue weighted by Crippen LogP contribution is -2.49. The van der Waals surface area contributed by atoms with Crippen molar-refractivity contribution in [1.29, 1.82) is 5.41 Å². The van der Waals surface area contributed by atoms with Gasteiger partial charge in [0.1, 0.15) is 12.2 Å². The minimum absolute atomic E-state index is 0.0249. The van der Waals surface area contributed by atoms with Crippen LogP contribution in [-0.2, 0) is 0 Å². The average Bonchev–Trinajstić information content (AvgIpc) is 2.26. The lowest BCUT2D eigenvalue weighted by atomic mass is 10.3. The van der Waals surface area contributed by atoms with E-state index in [1.165, 1.54) is 0 Å². The number of nitrogens with two attached hydrogens (primary N) is 2. The predicted molar refractivity (Wildman–Crippen MR) is 71.9 cm³/mol. The van der Waals surface area contributed by atoms with Gasteiger partial charge in [-0.2, -0.15) is 4.98 Å². The van der Waals surface area contributed by atoms with Crippen LogP contribution in [0.5, 0.6) is 0 Å². The van der Waals surface area contributed by atoms with E-state index >= 15 is 0 Å². The third-order valence-corrected chi connectivity index (χ3v) is 2.87. The summed E-state index contributed by atoms with van der Waals surface area (Å²) in [6, 6.07) is 0. The number of aliphatic imine (C=N–C) groups is 1. The van der Waals surface area contributed by atoms with Crippen molar-refractivity contribution in [2.75, 3.05) is 38.2 Å². The van der Waals surface area contributed by atoms with E-state index in [0.717, 1.165) is 13.1 Å². The Balaban J connectivity index is 2.57. The molecule has 9 heteroatoms. The number of aromatic nitrogens is 2. The minimum Gasteiger partial charge on any atom is -0.857 e. The van der Waals surface area contributed by atoms with E-state index in [-0.39, 0.29) is 11.5 Å². The fourth-order valence-electron chi connectivity index (χ4n) is 1.86. The van der Waals surface area contributed by atoms with E-state index in [0.29, 0.717) is 16.1 Å². The summed E-state index contributed by atoms with van der Waals surface area (Å²) in [6.45, 7) is 1.56. The van der Waals surface area contributed by atoms with Crippen LogP contribution in [-0.4, -0.2) is 49.0 Å². The van der Waals surface area contributed by atoms with Gasteiger partial charge in [0, 0.05) is 5.90 Å². The summed E-state index contributed by atoms with van der Waals surface area (Å²) in [5.74, 6) is -0.194. The number of nitrogens with zero attached hydrogens (tertiary/aromatic N) is 4. The topological polar surface area (TPSA) is 149 Å². The summed E-state index contributed by atoms with van der Waals surface area (Å²) < 4.78 is 0.482. The predicted octanol–water partition coefficient (Wildman–Crippen LogP) is -1.95. The highest BCUT2D eigenvalue weighted by atomic mass is 16.3. The molecule has 6 N–H and O–H groups in total. The molecule has 0 saturated heterocycles. The molecular weight excluding hydrogens is 248 g/mol. The van der Waals surface area contributed by atoms with Crippen molar-refractivity contribution in [3.05, 3.63) is 5.69 Å². The highest BCUT2D eigenvalue weighted by molar-refractivity contribution is 6.00. The molecule has 0 aromatic carbocycles. The van der Waals surface area contributed by atoms with Gasteiger partial charge in [0.2, 0.25) is 11.8 Å². The third-order valence-electron chi connectivity index (χ3n) is 2.87. The maximum Gasteiger partial charge on any atom is 0.271 e. The quantitative estimate of drug-likeness (QED) is 0.263. The summed E-state index contributed by atoms with van der Waals surface area (Å²) in [7, 11) is 3.92. The van der Waals surface area contributed by atoms with E-state index in [2.05, 4.69) is 20.3 Å². The molecule has 0 unspecified atom stereocenters. The van der Waals surface area contributed by atoms with Gasteiger partial charge < -0.3 is 21.9 Å². The first-order valence-corrected chi connectivity index (χ1v) is 5.66. The van der Waals surface area contributed by atoms with Crippen LogP contribution in [0.1, 0.15) is 5.69 Å². The van der Waals surface area contributed by atoms with Gasteiger partial charge in [0.05, 0.1) is 20.6 Å². The molecule has 0 spiro atoms. The normalized spacial score (nSPS) is 17.5. The highest BCUT2D eigenvalue weighted by Gasteiger charge is 2.31. The van der Waals surface area contributed by atoms with Crippen molar-refractivity contribution in [2.24, 2.45) is 10.7 Å². The Bertz CT molecular complexity index is 565. The van der Waals surface area contributed by atoms with Crippen LogP contribution in [0.2, 0.25) is 0 Å². The molecule has 1 aromatic rings. The second-order valence-electron chi connectivity index (χ2n) is 4.77. The Labute approximate surface area is 110 Å². The molecule has 0 saturated carbocycles. The number of anilines is 2. The molecule has 0 bridgehead atoms. The zero-order valence-electron chi connectivity index (χ0n) is 10.8. The Hall–Kier alpha value is -2.42. The van der Waals surface area contributed by atoms with Crippen LogP contribution in [0.3, 0.4) is 0 Å². The van der Waals surface area contributed by atoms with Crippen LogP contribution in [0.15, 0.2) is 4.99 Å². The first kappa shape index (κ1) is 13.0. The van der Waals surface area contributed by atoms with E-state index < -0.39 is 11.9 Å². The number of quaternary nitrogens is 1. The zero-order chi connectivity index (χ0) is 14.2. The molecule has 0 fully saturated rings. The number of hydrogen-bond donors (Lipinski definition) is 4. The molecule has 1 aromatic heterocycles. The number of hydrogen-bond acceptors (Lipinski definition) is 6. The maximum absolute atomic E-state index is 11.8. The van der Waals surface area contributed by atoms with Crippen molar-refractivity contribution >= 4 is 29.3 Å². The Morgan fingerprint density at radius 2 is 2.16 bits per heavy atom. The van der Waals surface area contributed by atoms with E-state index in [1.54, 1.807) is 0 Å².